The Morgan fingerprint density at radius 1 is 0.920 bits per heavy atom. The average Bonchev–Trinajstić information content (AvgIpc) is 3.01. The van der Waals surface area contributed by atoms with Crippen molar-refractivity contribution in [3.05, 3.63) is 52.6 Å². The zero-order chi connectivity index (χ0) is 18.4. The first-order valence-corrected chi connectivity index (χ1v) is 8.63. The molecule has 2 aromatic carbocycles. The van der Waals surface area contributed by atoms with Gasteiger partial charge in [-0.15, -0.1) is 0 Å². The summed E-state index contributed by atoms with van der Waals surface area (Å²) in [7, 11) is -4.36. The lowest BCUT2D eigenvalue weighted by Gasteiger charge is -2.12. The second-order valence-electron chi connectivity index (χ2n) is 5.44. The minimum absolute atomic E-state index is 0.198. The van der Waals surface area contributed by atoms with E-state index in [0.717, 1.165) is 31.1 Å². The lowest BCUT2D eigenvalue weighted by molar-refractivity contribution is 0.320. The quantitative estimate of drug-likeness (QED) is 0.466. The van der Waals surface area contributed by atoms with E-state index in [0.29, 0.717) is 6.42 Å². The van der Waals surface area contributed by atoms with Crippen LogP contribution < -0.4 is 8.92 Å². The average molecular weight is 376 g/mol. The van der Waals surface area contributed by atoms with Gasteiger partial charge < -0.3 is 8.92 Å². The number of halogens is 4. The highest BCUT2D eigenvalue weighted by Gasteiger charge is 2.35. The largest absolute Gasteiger partial charge is 0.491 e. The lowest BCUT2D eigenvalue weighted by atomic mass is 10.1. The molecule has 0 aliphatic heterocycles. The molecule has 2 aromatic rings. The molecule has 0 atom stereocenters. The molecule has 0 fully saturated rings. The van der Waals surface area contributed by atoms with Crippen molar-refractivity contribution in [3.8, 4) is 11.5 Å². The van der Waals surface area contributed by atoms with Crippen molar-refractivity contribution in [1.29, 1.82) is 0 Å². The molecule has 0 spiro atoms. The minimum atomic E-state index is -5.15. The smallest absolute Gasteiger partial charge is 0.345 e. The fourth-order valence-corrected chi connectivity index (χ4v) is 3.82. The van der Waals surface area contributed by atoms with Crippen LogP contribution in [0.5, 0.6) is 11.5 Å². The first kappa shape index (κ1) is 17.5. The van der Waals surface area contributed by atoms with E-state index in [2.05, 4.69) is 8.92 Å². The Balaban J connectivity index is 2.06. The first-order chi connectivity index (χ1) is 11.8. The molecule has 3 rings (SSSR count). The van der Waals surface area contributed by atoms with Crippen LogP contribution in [0.4, 0.5) is 17.6 Å². The molecule has 9 heteroatoms. The van der Waals surface area contributed by atoms with Gasteiger partial charge in [0.15, 0.2) is 22.3 Å². The highest BCUT2D eigenvalue weighted by atomic mass is 32.2. The van der Waals surface area contributed by atoms with Crippen molar-refractivity contribution >= 4 is 10.1 Å². The molecule has 134 valence electrons. The van der Waals surface area contributed by atoms with Gasteiger partial charge in [-0.05, 0) is 42.5 Å². The molecule has 25 heavy (non-hydrogen) atoms. The van der Waals surface area contributed by atoms with Crippen molar-refractivity contribution in [2.75, 3.05) is 7.11 Å². The number of ether oxygens (including phenoxy) is 1. The van der Waals surface area contributed by atoms with Gasteiger partial charge in [0.05, 0.1) is 7.11 Å². The molecular formula is C16H12F4O4S. The van der Waals surface area contributed by atoms with Crippen molar-refractivity contribution in [2.45, 2.75) is 24.2 Å². The fraction of sp³-hybridized carbons (Fsp3) is 0.250. The van der Waals surface area contributed by atoms with E-state index in [1.54, 1.807) is 6.07 Å². The summed E-state index contributed by atoms with van der Waals surface area (Å²) in [5.41, 5.74) is 1.87. The van der Waals surface area contributed by atoms with Crippen LogP contribution in [0.1, 0.15) is 17.5 Å². The van der Waals surface area contributed by atoms with Crippen molar-refractivity contribution in [2.24, 2.45) is 0 Å². The van der Waals surface area contributed by atoms with Crippen LogP contribution in [0.25, 0.3) is 0 Å². The van der Waals surface area contributed by atoms with Crippen LogP contribution in [0.3, 0.4) is 0 Å². The maximum Gasteiger partial charge on any atom is 0.345 e. The molecule has 1 aliphatic rings. The number of hydrogen-bond donors (Lipinski definition) is 0. The monoisotopic (exact) mass is 376 g/mol. The molecular weight excluding hydrogens is 364 g/mol. The standard InChI is InChI=1S/C16H12F4O4S/c1-23-15-11(17)13(19)16(14(20)12(15)18)25(21,22)24-10-6-5-8-3-2-4-9(8)7-10/h5-7H,2-4H2,1H3. The van der Waals surface area contributed by atoms with Gasteiger partial charge in [0.1, 0.15) is 5.75 Å². The third-order valence-corrected chi connectivity index (χ3v) is 5.18. The zero-order valence-corrected chi connectivity index (χ0v) is 13.7. The number of rotatable bonds is 4. The molecule has 0 unspecified atom stereocenters. The van der Waals surface area contributed by atoms with E-state index in [1.165, 1.54) is 12.1 Å². The Morgan fingerprint density at radius 2 is 1.52 bits per heavy atom. The van der Waals surface area contributed by atoms with Crippen LogP contribution in [-0.4, -0.2) is 15.5 Å². The van der Waals surface area contributed by atoms with E-state index in [-0.39, 0.29) is 5.75 Å². The lowest BCUT2D eigenvalue weighted by Crippen LogP contribution is -2.17. The predicted octanol–water partition coefficient (Wildman–Crippen LogP) is 3.51. The summed E-state index contributed by atoms with van der Waals surface area (Å²) in [6.45, 7) is 0. The molecule has 0 radical (unpaired) electrons. The number of benzene rings is 2. The SMILES string of the molecule is COc1c(F)c(F)c(S(=O)(=O)Oc2ccc3c(c2)CCC3)c(F)c1F. The maximum absolute atomic E-state index is 14.0. The van der Waals surface area contributed by atoms with E-state index in [9.17, 15) is 26.0 Å². The van der Waals surface area contributed by atoms with E-state index in [4.69, 9.17) is 0 Å². The van der Waals surface area contributed by atoms with Crippen molar-refractivity contribution < 1.29 is 34.9 Å². The Labute approximate surface area is 141 Å². The molecule has 0 amide bonds. The molecule has 4 nitrogen and oxygen atoms in total. The summed E-state index contributed by atoms with van der Waals surface area (Å²) in [5, 5.41) is 0. The zero-order valence-electron chi connectivity index (χ0n) is 12.9. The van der Waals surface area contributed by atoms with E-state index >= 15 is 0 Å². The number of hydrogen-bond acceptors (Lipinski definition) is 4. The maximum atomic E-state index is 14.0. The summed E-state index contributed by atoms with van der Waals surface area (Å²) in [4.78, 5) is -1.84. The minimum Gasteiger partial charge on any atom is -0.491 e. The summed E-state index contributed by atoms with van der Waals surface area (Å²) in [6.07, 6.45) is 2.44. The van der Waals surface area contributed by atoms with Crippen molar-refractivity contribution in [3.63, 3.8) is 0 Å². The van der Waals surface area contributed by atoms with Crippen LogP contribution in [0, 0.1) is 23.3 Å². The summed E-state index contributed by atoms with van der Waals surface area (Å²) in [6, 6.07) is 4.37. The molecule has 0 heterocycles. The van der Waals surface area contributed by atoms with Crippen LogP contribution in [0.15, 0.2) is 23.1 Å². The molecule has 0 saturated heterocycles. The summed E-state index contributed by atoms with van der Waals surface area (Å²) >= 11 is 0. The fourth-order valence-electron chi connectivity index (χ4n) is 2.76. The predicted molar refractivity (Wildman–Crippen MR) is 79.1 cm³/mol. The third-order valence-electron chi connectivity index (χ3n) is 3.91. The highest BCUT2D eigenvalue weighted by Crippen LogP contribution is 2.34. The van der Waals surface area contributed by atoms with E-state index in [1.807, 2.05) is 0 Å². The third kappa shape index (κ3) is 2.92. The van der Waals surface area contributed by atoms with Gasteiger partial charge in [-0.2, -0.15) is 17.2 Å². The van der Waals surface area contributed by atoms with Crippen LogP contribution in [0.2, 0.25) is 0 Å². The Hall–Kier alpha value is -2.29. The molecule has 0 aromatic heterocycles. The second kappa shape index (κ2) is 6.21. The summed E-state index contributed by atoms with van der Waals surface area (Å²) in [5.74, 6) is -9.70. The van der Waals surface area contributed by atoms with Gasteiger partial charge in [0.25, 0.3) is 0 Å². The van der Waals surface area contributed by atoms with Gasteiger partial charge in [-0.3, -0.25) is 0 Å². The first-order valence-electron chi connectivity index (χ1n) is 7.22. The molecule has 0 saturated carbocycles. The van der Waals surface area contributed by atoms with Crippen LogP contribution >= 0.6 is 0 Å². The van der Waals surface area contributed by atoms with Gasteiger partial charge in [0, 0.05) is 0 Å². The Kier molecular flexibility index (Phi) is 4.36. The summed E-state index contributed by atoms with van der Waals surface area (Å²) < 4.78 is 88.7. The second-order valence-corrected chi connectivity index (χ2v) is 6.92. The van der Waals surface area contributed by atoms with Gasteiger partial charge >= 0.3 is 10.1 Å². The Bertz CT molecular complexity index is 928. The molecule has 0 bridgehead atoms. The highest BCUT2D eigenvalue weighted by molar-refractivity contribution is 7.87. The van der Waals surface area contributed by atoms with Crippen LogP contribution in [-0.2, 0) is 23.0 Å². The number of methoxy groups -OCH3 is 1. The topological polar surface area (TPSA) is 52.6 Å². The molecule has 1 aliphatic carbocycles. The van der Waals surface area contributed by atoms with Gasteiger partial charge in [0.2, 0.25) is 11.6 Å². The van der Waals surface area contributed by atoms with Gasteiger partial charge in [-0.25, -0.2) is 8.78 Å². The Morgan fingerprint density at radius 3 is 2.12 bits per heavy atom. The van der Waals surface area contributed by atoms with E-state index < -0.39 is 44.0 Å². The number of fused-ring (bicyclic) bond motifs is 1. The normalized spacial score (nSPS) is 13.6. The molecule has 0 N–H and O–H groups in total. The number of aryl methyl sites for hydroxylation is 2. The van der Waals surface area contributed by atoms with Crippen molar-refractivity contribution in [1.82, 2.24) is 0 Å². The van der Waals surface area contributed by atoms with Gasteiger partial charge in [-0.1, -0.05) is 6.07 Å².